The second kappa shape index (κ2) is 5.08. The maximum atomic E-state index is 10.9. The van der Waals surface area contributed by atoms with E-state index in [2.05, 4.69) is 4.90 Å². The Hall–Kier alpha value is -2.04. The Morgan fingerprint density at radius 2 is 1.94 bits per heavy atom. The lowest BCUT2D eigenvalue weighted by Gasteiger charge is -2.33. The second-order valence-corrected chi connectivity index (χ2v) is 4.53. The van der Waals surface area contributed by atoms with Crippen molar-refractivity contribution >= 4 is 17.5 Å². The minimum atomic E-state index is -0.713. The number of anilines is 1. The molecule has 1 aromatic carbocycles. The molecule has 1 fully saturated rings. The zero-order valence-corrected chi connectivity index (χ0v) is 10.1. The van der Waals surface area contributed by atoms with Crippen molar-refractivity contribution in [1.82, 2.24) is 0 Å². The molecule has 5 nitrogen and oxygen atoms in total. The van der Waals surface area contributed by atoms with Crippen LogP contribution in [0.3, 0.4) is 0 Å². The first-order chi connectivity index (χ1) is 8.59. The van der Waals surface area contributed by atoms with E-state index in [4.69, 9.17) is 16.2 Å². The van der Waals surface area contributed by atoms with Gasteiger partial charge in [-0.3, -0.25) is 10.2 Å². The molecule has 0 bridgehead atoms. The van der Waals surface area contributed by atoms with Gasteiger partial charge in [0.25, 0.3) is 0 Å². The van der Waals surface area contributed by atoms with E-state index in [1.807, 2.05) is 24.3 Å². The predicted molar refractivity (Wildman–Crippen MR) is 70.0 cm³/mol. The number of rotatable bonds is 3. The highest BCUT2D eigenvalue weighted by Crippen LogP contribution is 2.26. The van der Waals surface area contributed by atoms with Gasteiger partial charge in [-0.25, -0.2) is 0 Å². The van der Waals surface area contributed by atoms with Crippen molar-refractivity contribution in [3.8, 4) is 0 Å². The number of hydrogen-bond acceptors (Lipinski definition) is 3. The third kappa shape index (κ3) is 2.45. The zero-order chi connectivity index (χ0) is 13.1. The molecule has 2 rings (SSSR count). The van der Waals surface area contributed by atoms with Crippen LogP contribution >= 0.6 is 0 Å². The molecule has 0 unspecified atom stereocenters. The number of carboxylic acid groups (broad SMARTS) is 1. The van der Waals surface area contributed by atoms with E-state index in [-0.39, 0.29) is 11.8 Å². The van der Waals surface area contributed by atoms with E-state index in [9.17, 15) is 4.79 Å². The Labute approximate surface area is 106 Å². The minimum absolute atomic E-state index is 0.0472. The topological polar surface area (TPSA) is 90.4 Å². The molecule has 1 aliphatic heterocycles. The Balaban J connectivity index is 2.15. The Kier molecular flexibility index (Phi) is 3.50. The molecule has 4 N–H and O–H groups in total. The molecule has 96 valence electrons. The lowest BCUT2D eigenvalue weighted by molar-refractivity contribution is -0.142. The summed E-state index contributed by atoms with van der Waals surface area (Å²) in [5, 5.41) is 16.5. The number of amidine groups is 1. The number of nitrogen functional groups attached to an aromatic ring is 1. The number of para-hydroxylation sites is 1. The fourth-order valence-corrected chi connectivity index (χ4v) is 2.34. The summed E-state index contributed by atoms with van der Waals surface area (Å²) >= 11 is 0. The van der Waals surface area contributed by atoms with Crippen LogP contribution in [0.4, 0.5) is 5.69 Å². The van der Waals surface area contributed by atoms with Crippen molar-refractivity contribution in [2.45, 2.75) is 12.8 Å². The molecule has 0 radical (unpaired) electrons. The largest absolute Gasteiger partial charge is 0.481 e. The van der Waals surface area contributed by atoms with Gasteiger partial charge >= 0.3 is 5.97 Å². The van der Waals surface area contributed by atoms with Crippen molar-refractivity contribution in [2.75, 3.05) is 18.0 Å². The first-order valence-electron chi connectivity index (χ1n) is 6.00. The van der Waals surface area contributed by atoms with E-state index in [1.54, 1.807) is 0 Å². The Morgan fingerprint density at radius 3 is 2.50 bits per heavy atom. The number of carboxylic acids is 1. The van der Waals surface area contributed by atoms with Gasteiger partial charge in [0, 0.05) is 24.3 Å². The van der Waals surface area contributed by atoms with Crippen LogP contribution in [0.2, 0.25) is 0 Å². The van der Waals surface area contributed by atoms with Crippen molar-refractivity contribution < 1.29 is 9.90 Å². The van der Waals surface area contributed by atoms with Crippen molar-refractivity contribution in [3.05, 3.63) is 29.8 Å². The fourth-order valence-electron chi connectivity index (χ4n) is 2.34. The molecule has 0 aromatic heterocycles. The third-order valence-electron chi connectivity index (χ3n) is 3.38. The highest BCUT2D eigenvalue weighted by atomic mass is 16.4. The number of piperidine rings is 1. The maximum absolute atomic E-state index is 10.9. The van der Waals surface area contributed by atoms with Gasteiger partial charge in [0.05, 0.1) is 5.92 Å². The average Bonchev–Trinajstić information content (AvgIpc) is 2.39. The first kappa shape index (κ1) is 12.4. The number of hydrogen-bond donors (Lipinski definition) is 3. The summed E-state index contributed by atoms with van der Waals surface area (Å²) < 4.78 is 0. The molecule has 1 saturated heterocycles. The molecule has 0 spiro atoms. The molecule has 1 aromatic rings. The average molecular weight is 247 g/mol. The second-order valence-electron chi connectivity index (χ2n) is 4.53. The van der Waals surface area contributed by atoms with E-state index in [0.717, 1.165) is 5.69 Å². The Bertz CT molecular complexity index is 465. The highest BCUT2D eigenvalue weighted by molar-refractivity contribution is 6.00. The van der Waals surface area contributed by atoms with E-state index in [0.29, 0.717) is 31.5 Å². The number of aliphatic carboxylic acids is 1. The predicted octanol–water partition coefficient (Wildman–Crippen LogP) is 1.27. The van der Waals surface area contributed by atoms with Gasteiger partial charge in [0.2, 0.25) is 0 Å². The number of carbonyl (C=O) groups is 1. The third-order valence-corrected chi connectivity index (χ3v) is 3.38. The van der Waals surface area contributed by atoms with Crippen LogP contribution in [0.5, 0.6) is 0 Å². The summed E-state index contributed by atoms with van der Waals surface area (Å²) in [6.45, 7) is 1.39. The van der Waals surface area contributed by atoms with Gasteiger partial charge in [-0.1, -0.05) is 12.1 Å². The van der Waals surface area contributed by atoms with Crippen LogP contribution in [0.15, 0.2) is 24.3 Å². The quantitative estimate of drug-likeness (QED) is 0.554. The smallest absolute Gasteiger partial charge is 0.306 e. The molecule has 0 amide bonds. The van der Waals surface area contributed by atoms with Crippen LogP contribution in [0.1, 0.15) is 18.4 Å². The van der Waals surface area contributed by atoms with Gasteiger partial charge in [0.1, 0.15) is 5.84 Å². The molecule has 0 saturated carbocycles. The van der Waals surface area contributed by atoms with Crippen LogP contribution in [-0.2, 0) is 4.79 Å². The zero-order valence-electron chi connectivity index (χ0n) is 10.1. The van der Waals surface area contributed by atoms with Crippen LogP contribution in [0, 0.1) is 11.3 Å². The monoisotopic (exact) mass is 247 g/mol. The molecule has 1 heterocycles. The Morgan fingerprint density at radius 1 is 1.33 bits per heavy atom. The number of benzene rings is 1. The molecule has 0 aliphatic carbocycles. The number of nitrogens with two attached hydrogens (primary N) is 1. The summed E-state index contributed by atoms with van der Waals surface area (Å²) in [7, 11) is 0. The summed E-state index contributed by atoms with van der Waals surface area (Å²) in [5.41, 5.74) is 7.20. The van der Waals surface area contributed by atoms with E-state index in [1.165, 1.54) is 0 Å². The highest BCUT2D eigenvalue weighted by Gasteiger charge is 2.25. The SMILES string of the molecule is N=C(N)c1ccccc1N1CCC(C(=O)O)CC1. The molecule has 5 heteroatoms. The standard InChI is InChI=1S/C13H17N3O2/c14-12(15)10-3-1-2-4-11(10)16-7-5-9(6-8-16)13(17)18/h1-4,9H,5-8H2,(H3,14,15)(H,17,18). The lowest BCUT2D eigenvalue weighted by atomic mass is 9.96. The summed E-state index contributed by atoms with van der Waals surface area (Å²) in [6.07, 6.45) is 1.28. The van der Waals surface area contributed by atoms with Gasteiger partial charge in [0.15, 0.2) is 0 Å². The molecule has 18 heavy (non-hydrogen) atoms. The van der Waals surface area contributed by atoms with Gasteiger partial charge < -0.3 is 15.7 Å². The molecular weight excluding hydrogens is 230 g/mol. The van der Waals surface area contributed by atoms with Crippen LogP contribution in [0.25, 0.3) is 0 Å². The molecule has 1 aliphatic rings. The lowest BCUT2D eigenvalue weighted by Crippen LogP contribution is -2.37. The van der Waals surface area contributed by atoms with Crippen molar-refractivity contribution in [1.29, 1.82) is 5.41 Å². The summed E-state index contributed by atoms with van der Waals surface area (Å²) in [6, 6.07) is 7.51. The van der Waals surface area contributed by atoms with E-state index >= 15 is 0 Å². The van der Waals surface area contributed by atoms with Crippen molar-refractivity contribution in [2.24, 2.45) is 11.7 Å². The van der Waals surface area contributed by atoms with E-state index < -0.39 is 5.97 Å². The van der Waals surface area contributed by atoms with Gasteiger partial charge in [-0.2, -0.15) is 0 Å². The minimum Gasteiger partial charge on any atom is -0.481 e. The summed E-state index contributed by atoms with van der Waals surface area (Å²) in [4.78, 5) is 13.0. The normalized spacial score (nSPS) is 16.6. The van der Waals surface area contributed by atoms with Crippen LogP contribution in [-0.4, -0.2) is 30.0 Å². The first-order valence-corrected chi connectivity index (χ1v) is 6.00. The van der Waals surface area contributed by atoms with Gasteiger partial charge in [-0.15, -0.1) is 0 Å². The van der Waals surface area contributed by atoms with Crippen molar-refractivity contribution in [3.63, 3.8) is 0 Å². The molecular formula is C13H17N3O2. The van der Waals surface area contributed by atoms with Crippen LogP contribution < -0.4 is 10.6 Å². The fraction of sp³-hybridized carbons (Fsp3) is 0.385. The number of nitrogens with zero attached hydrogens (tertiary/aromatic N) is 1. The number of nitrogens with one attached hydrogen (secondary N) is 1. The van der Waals surface area contributed by atoms with Gasteiger partial charge in [-0.05, 0) is 25.0 Å². The maximum Gasteiger partial charge on any atom is 0.306 e. The molecule has 0 atom stereocenters. The summed E-state index contributed by atoms with van der Waals surface area (Å²) in [5.74, 6) is -0.911.